The highest BCUT2D eigenvalue weighted by Gasteiger charge is 2.01. The fraction of sp³-hybridized carbons (Fsp3) is 0.0769. The molecule has 0 bridgehead atoms. The van der Waals surface area contributed by atoms with E-state index in [1.54, 1.807) is 25.1 Å². The molecule has 2 aromatic rings. The van der Waals surface area contributed by atoms with E-state index in [4.69, 9.17) is 0 Å². The molecule has 4 nitrogen and oxygen atoms in total. The van der Waals surface area contributed by atoms with Gasteiger partial charge in [-0.05, 0) is 19.1 Å². The van der Waals surface area contributed by atoms with Crippen molar-refractivity contribution >= 4 is 11.9 Å². The second-order valence-electron chi connectivity index (χ2n) is 3.68. The lowest BCUT2D eigenvalue weighted by Gasteiger charge is -1.93. The first-order valence-electron chi connectivity index (χ1n) is 5.23. The molecule has 0 saturated carbocycles. The molecule has 1 heterocycles. The van der Waals surface area contributed by atoms with Crippen molar-refractivity contribution in [3.63, 3.8) is 0 Å². The van der Waals surface area contributed by atoms with E-state index in [-0.39, 0.29) is 11.5 Å². The van der Waals surface area contributed by atoms with Gasteiger partial charge in [0.2, 0.25) is 0 Å². The number of ketones is 1. The lowest BCUT2D eigenvalue weighted by atomic mass is 10.1. The number of aryl methyl sites for hydroxylation is 1. The van der Waals surface area contributed by atoms with Crippen molar-refractivity contribution in [2.45, 2.75) is 6.92 Å². The van der Waals surface area contributed by atoms with Crippen LogP contribution in [0.1, 0.15) is 21.7 Å². The van der Waals surface area contributed by atoms with Crippen LogP contribution in [0.4, 0.5) is 0 Å². The van der Waals surface area contributed by atoms with Gasteiger partial charge in [0.1, 0.15) is 0 Å². The van der Waals surface area contributed by atoms with Crippen LogP contribution < -0.4 is 5.69 Å². The molecule has 0 unspecified atom stereocenters. The fourth-order valence-corrected chi connectivity index (χ4v) is 1.51. The molecule has 0 fully saturated rings. The van der Waals surface area contributed by atoms with Gasteiger partial charge < -0.3 is 9.97 Å². The summed E-state index contributed by atoms with van der Waals surface area (Å²) in [5.41, 5.74) is 1.69. The molecule has 0 spiro atoms. The monoisotopic (exact) mass is 228 g/mol. The summed E-state index contributed by atoms with van der Waals surface area (Å²) in [6.07, 6.45) is 3.05. The molecular weight excluding hydrogens is 216 g/mol. The number of rotatable bonds is 3. The van der Waals surface area contributed by atoms with Crippen molar-refractivity contribution in [1.82, 2.24) is 9.97 Å². The van der Waals surface area contributed by atoms with Crippen molar-refractivity contribution in [3.05, 3.63) is 63.8 Å². The van der Waals surface area contributed by atoms with Crippen LogP contribution in [0, 0.1) is 6.92 Å². The van der Waals surface area contributed by atoms with Crippen LogP contribution in [0.3, 0.4) is 0 Å². The Morgan fingerprint density at radius 1 is 1.18 bits per heavy atom. The number of hydrogen-bond acceptors (Lipinski definition) is 2. The van der Waals surface area contributed by atoms with Crippen LogP contribution in [-0.2, 0) is 0 Å². The number of imidazole rings is 1. The van der Waals surface area contributed by atoms with Gasteiger partial charge in [-0.15, -0.1) is 0 Å². The molecule has 86 valence electrons. The summed E-state index contributed by atoms with van der Waals surface area (Å²) < 4.78 is 0. The zero-order valence-electron chi connectivity index (χ0n) is 9.36. The SMILES string of the molecule is Cc1[nH]c(=O)[nH]c1/C=C/C(=O)c1ccccc1. The van der Waals surface area contributed by atoms with Crippen LogP contribution in [0.15, 0.2) is 41.2 Å². The average molecular weight is 228 g/mol. The first-order valence-corrected chi connectivity index (χ1v) is 5.23. The molecule has 2 N–H and O–H groups in total. The summed E-state index contributed by atoms with van der Waals surface area (Å²) in [5.74, 6) is -0.0907. The van der Waals surface area contributed by atoms with Gasteiger partial charge in [0.25, 0.3) is 0 Å². The molecule has 0 aliphatic heterocycles. The highest BCUT2D eigenvalue weighted by Crippen LogP contribution is 2.04. The molecule has 2 rings (SSSR count). The Morgan fingerprint density at radius 3 is 2.47 bits per heavy atom. The van der Waals surface area contributed by atoms with Crippen molar-refractivity contribution < 1.29 is 4.79 Å². The molecule has 0 atom stereocenters. The lowest BCUT2D eigenvalue weighted by Crippen LogP contribution is -2.00. The number of carbonyl (C=O) groups excluding carboxylic acids is 1. The minimum atomic E-state index is -0.269. The molecule has 0 amide bonds. The first-order chi connectivity index (χ1) is 8.16. The summed E-state index contributed by atoms with van der Waals surface area (Å²) in [6.45, 7) is 1.77. The van der Waals surface area contributed by atoms with E-state index in [0.29, 0.717) is 17.0 Å². The number of aromatic nitrogens is 2. The zero-order valence-corrected chi connectivity index (χ0v) is 9.36. The number of hydrogen-bond donors (Lipinski definition) is 2. The summed E-state index contributed by atoms with van der Waals surface area (Å²) >= 11 is 0. The van der Waals surface area contributed by atoms with Crippen molar-refractivity contribution in [3.8, 4) is 0 Å². The predicted octanol–water partition coefficient (Wildman–Crippen LogP) is 1.91. The molecule has 0 saturated heterocycles. The topological polar surface area (TPSA) is 65.7 Å². The van der Waals surface area contributed by atoms with Crippen molar-refractivity contribution in [1.29, 1.82) is 0 Å². The Hall–Kier alpha value is -2.36. The third-order valence-corrected chi connectivity index (χ3v) is 2.41. The Kier molecular flexibility index (Phi) is 3.05. The standard InChI is InChI=1S/C13H12N2O2/c1-9-11(15-13(17)14-9)7-8-12(16)10-5-3-2-4-6-10/h2-8H,1H3,(H2,14,15,17)/b8-7+. The summed E-state index contributed by atoms with van der Waals surface area (Å²) in [6, 6.07) is 8.97. The van der Waals surface area contributed by atoms with Gasteiger partial charge in [0.15, 0.2) is 5.78 Å². The smallest absolute Gasteiger partial charge is 0.310 e. The molecule has 0 radical (unpaired) electrons. The molecular formula is C13H12N2O2. The maximum absolute atomic E-state index is 11.7. The van der Waals surface area contributed by atoms with Gasteiger partial charge in [0.05, 0.1) is 5.69 Å². The predicted molar refractivity (Wildman–Crippen MR) is 66.0 cm³/mol. The maximum Gasteiger partial charge on any atom is 0.323 e. The van der Waals surface area contributed by atoms with Gasteiger partial charge in [-0.1, -0.05) is 30.3 Å². The van der Waals surface area contributed by atoms with E-state index in [2.05, 4.69) is 9.97 Å². The highest BCUT2D eigenvalue weighted by molar-refractivity contribution is 6.06. The minimum Gasteiger partial charge on any atom is -0.310 e. The molecule has 0 aliphatic rings. The third-order valence-electron chi connectivity index (χ3n) is 2.41. The fourth-order valence-electron chi connectivity index (χ4n) is 1.51. The van der Waals surface area contributed by atoms with Gasteiger partial charge in [-0.2, -0.15) is 0 Å². The van der Waals surface area contributed by atoms with E-state index in [1.165, 1.54) is 6.08 Å². The van der Waals surface area contributed by atoms with Gasteiger partial charge in [-0.3, -0.25) is 4.79 Å². The lowest BCUT2D eigenvalue weighted by molar-refractivity contribution is 0.104. The first kappa shape index (κ1) is 11.1. The average Bonchev–Trinajstić information content (AvgIpc) is 2.66. The van der Waals surface area contributed by atoms with Gasteiger partial charge >= 0.3 is 5.69 Å². The summed E-state index contributed by atoms with van der Waals surface area (Å²) in [4.78, 5) is 27.9. The van der Waals surface area contributed by atoms with Crippen LogP contribution in [0.5, 0.6) is 0 Å². The number of aromatic amines is 2. The molecule has 4 heteroatoms. The number of allylic oxidation sites excluding steroid dienone is 1. The van der Waals surface area contributed by atoms with E-state index in [0.717, 1.165) is 0 Å². The summed E-state index contributed by atoms with van der Waals surface area (Å²) in [7, 11) is 0. The van der Waals surface area contributed by atoms with Crippen LogP contribution in [-0.4, -0.2) is 15.8 Å². The second kappa shape index (κ2) is 4.65. The van der Waals surface area contributed by atoms with Crippen molar-refractivity contribution in [2.24, 2.45) is 0 Å². The summed E-state index contributed by atoms with van der Waals surface area (Å²) in [5, 5.41) is 0. The van der Waals surface area contributed by atoms with E-state index < -0.39 is 0 Å². The Balaban J connectivity index is 2.20. The van der Waals surface area contributed by atoms with E-state index >= 15 is 0 Å². The second-order valence-corrected chi connectivity index (χ2v) is 3.68. The molecule has 1 aromatic heterocycles. The molecule has 17 heavy (non-hydrogen) atoms. The largest absolute Gasteiger partial charge is 0.323 e. The normalized spacial score (nSPS) is 10.9. The minimum absolute atomic E-state index is 0.0907. The zero-order chi connectivity index (χ0) is 12.3. The number of carbonyl (C=O) groups is 1. The highest BCUT2D eigenvalue weighted by atomic mass is 16.1. The molecule has 1 aromatic carbocycles. The van der Waals surface area contributed by atoms with Crippen LogP contribution in [0.2, 0.25) is 0 Å². The van der Waals surface area contributed by atoms with Crippen molar-refractivity contribution in [2.75, 3.05) is 0 Å². The third kappa shape index (κ3) is 2.60. The Morgan fingerprint density at radius 2 is 1.88 bits per heavy atom. The van der Waals surface area contributed by atoms with Gasteiger partial charge in [-0.25, -0.2) is 4.79 Å². The maximum atomic E-state index is 11.7. The van der Waals surface area contributed by atoms with Crippen LogP contribution in [0.25, 0.3) is 6.08 Å². The van der Waals surface area contributed by atoms with E-state index in [1.807, 2.05) is 18.2 Å². The number of nitrogens with one attached hydrogen (secondary N) is 2. The van der Waals surface area contributed by atoms with E-state index in [9.17, 15) is 9.59 Å². The Labute approximate surface area is 98.0 Å². The van der Waals surface area contributed by atoms with Crippen LogP contribution >= 0.6 is 0 Å². The van der Waals surface area contributed by atoms with Gasteiger partial charge in [0, 0.05) is 11.3 Å². The Bertz CT molecular complexity index is 606. The number of H-pyrrole nitrogens is 2. The quantitative estimate of drug-likeness (QED) is 0.622. The number of benzene rings is 1. The molecule has 0 aliphatic carbocycles.